The molecule has 2 N–H and O–H groups in total. The molecule has 0 spiro atoms. The molecule has 5 heteroatoms. The van der Waals surface area contributed by atoms with Crippen molar-refractivity contribution >= 4 is 23.2 Å². The third-order valence-electron chi connectivity index (χ3n) is 4.20. The van der Waals surface area contributed by atoms with E-state index in [1.165, 1.54) is 16.2 Å². The Kier molecular flexibility index (Phi) is 4.50. The van der Waals surface area contributed by atoms with E-state index in [9.17, 15) is 9.59 Å². The fourth-order valence-corrected chi connectivity index (χ4v) is 3.20. The maximum Gasteiger partial charge on any atom is 0.236 e. The second-order valence-corrected chi connectivity index (χ2v) is 6.80. The number of carbonyl (C=O) groups is 2. The standard InChI is InChI=1S/C16H20N2O2S/c1-11(2)16(3)9-14(19)18(15(16)20)10-13-12(5-4-7-17)6-8-21-13/h6,8,11H,7,9-10,17H2,1-3H3. The Hall–Kier alpha value is -1.64. The van der Waals surface area contributed by atoms with E-state index in [-0.39, 0.29) is 17.7 Å². The fraction of sp³-hybridized carbons (Fsp3) is 0.500. The van der Waals surface area contributed by atoms with Crippen LogP contribution in [0.25, 0.3) is 0 Å². The Labute approximate surface area is 129 Å². The highest BCUT2D eigenvalue weighted by atomic mass is 32.1. The summed E-state index contributed by atoms with van der Waals surface area (Å²) in [7, 11) is 0. The molecule has 21 heavy (non-hydrogen) atoms. The van der Waals surface area contributed by atoms with Gasteiger partial charge in [-0.1, -0.05) is 25.7 Å². The van der Waals surface area contributed by atoms with E-state index >= 15 is 0 Å². The highest BCUT2D eigenvalue weighted by molar-refractivity contribution is 7.10. The quantitative estimate of drug-likeness (QED) is 0.686. The summed E-state index contributed by atoms with van der Waals surface area (Å²) in [5.41, 5.74) is 5.65. The van der Waals surface area contributed by atoms with Crippen LogP contribution in [-0.4, -0.2) is 23.3 Å². The van der Waals surface area contributed by atoms with Gasteiger partial charge in [0.25, 0.3) is 0 Å². The first-order valence-corrected chi connectivity index (χ1v) is 7.88. The Morgan fingerprint density at radius 2 is 2.19 bits per heavy atom. The normalized spacial score (nSPS) is 21.9. The van der Waals surface area contributed by atoms with Gasteiger partial charge in [0.2, 0.25) is 11.8 Å². The minimum Gasteiger partial charge on any atom is -0.320 e. The molecule has 1 aromatic rings. The van der Waals surface area contributed by atoms with Crippen LogP contribution in [0.5, 0.6) is 0 Å². The Balaban J connectivity index is 2.23. The molecule has 0 aliphatic carbocycles. The molecule has 0 saturated carbocycles. The molecule has 4 nitrogen and oxygen atoms in total. The molecule has 0 aromatic carbocycles. The SMILES string of the molecule is CC(C)C1(C)CC(=O)N(Cc2sccc2C#CCN)C1=O. The third kappa shape index (κ3) is 2.87. The van der Waals surface area contributed by atoms with E-state index in [0.717, 1.165) is 10.4 Å². The second-order valence-electron chi connectivity index (χ2n) is 5.80. The maximum atomic E-state index is 12.6. The van der Waals surface area contributed by atoms with Crippen LogP contribution in [0.1, 0.15) is 37.6 Å². The molecule has 0 bridgehead atoms. The number of hydrogen-bond acceptors (Lipinski definition) is 4. The Morgan fingerprint density at radius 3 is 2.76 bits per heavy atom. The first kappa shape index (κ1) is 15.7. The minimum atomic E-state index is -0.586. The summed E-state index contributed by atoms with van der Waals surface area (Å²) in [4.78, 5) is 27.1. The molecule has 1 fully saturated rings. The lowest BCUT2D eigenvalue weighted by molar-refractivity contribution is -0.142. The van der Waals surface area contributed by atoms with Gasteiger partial charge in [-0.2, -0.15) is 0 Å². The van der Waals surface area contributed by atoms with Crippen LogP contribution >= 0.6 is 11.3 Å². The first-order chi connectivity index (χ1) is 9.90. The van der Waals surface area contributed by atoms with Crippen LogP contribution < -0.4 is 5.73 Å². The maximum absolute atomic E-state index is 12.6. The number of amides is 2. The summed E-state index contributed by atoms with van der Waals surface area (Å²) in [5.74, 6) is 5.76. The van der Waals surface area contributed by atoms with Gasteiger partial charge in [0, 0.05) is 16.9 Å². The fourth-order valence-electron chi connectivity index (χ4n) is 2.38. The largest absolute Gasteiger partial charge is 0.320 e. The zero-order chi connectivity index (χ0) is 15.6. The van der Waals surface area contributed by atoms with Gasteiger partial charge in [-0.05, 0) is 24.3 Å². The molecule has 1 atom stereocenters. The lowest BCUT2D eigenvalue weighted by Crippen LogP contribution is -2.36. The highest BCUT2D eigenvalue weighted by Crippen LogP contribution is 2.40. The van der Waals surface area contributed by atoms with Crippen LogP contribution in [0.4, 0.5) is 0 Å². The average Bonchev–Trinajstić information content (AvgIpc) is 2.96. The highest BCUT2D eigenvalue weighted by Gasteiger charge is 2.49. The van der Waals surface area contributed by atoms with Crippen LogP contribution in [0.15, 0.2) is 11.4 Å². The van der Waals surface area contributed by atoms with Crippen molar-refractivity contribution in [3.63, 3.8) is 0 Å². The van der Waals surface area contributed by atoms with Gasteiger partial charge in [0.1, 0.15) is 0 Å². The van der Waals surface area contributed by atoms with E-state index in [0.29, 0.717) is 19.5 Å². The monoisotopic (exact) mass is 304 g/mol. The van der Waals surface area contributed by atoms with Crippen molar-refractivity contribution in [2.24, 2.45) is 17.1 Å². The molecule has 1 aromatic heterocycles. The van der Waals surface area contributed by atoms with E-state index in [1.807, 2.05) is 32.2 Å². The summed E-state index contributed by atoms with van der Waals surface area (Å²) in [6.45, 7) is 6.45. The van der Waals surface area contributed by atoms with Gasteiger partial charge >= 0.3 is 0 Å². The molecule has 1 aliphatic heterocycles. The number of imide groups is 1. The molecule has 1 aliphatic rings. The average molecular weight is 304 g/mol. The van der Waals surface area contributed by atoms with Gasteiger partial charge in [-0.3, -0.25) is 14.5 Å². The van der Waals surface area contributed by atoms with E-state index in [4.69, 9.17) is 5.73 Å². The van der Waals surface area contributed by atoms with Crippen molar-refractivity contribution in [1.82, 2.24) is 4.90 Å². The number of thiophene rings is 1. The smallest absolute Gasteiger partial charge is 0.236 e. The summed E-state index contributed by atoms with van der Waals surface area (Å²) in [6, 6.07) is 1.90. The van der Waals surface area contributed by atoms with Crippen molar-refractivity contribution in [2.45, 2.75) is 33.7 Å². The number of carbonyl (C=O) groups excluding carboxylic acids is 2. The molecule has 1 unspecified atom stereocenters. The van der Waals surface area contributed by atoms with Crippen molar-refractivity contribution in [3.8, 4) is 11.8 Å². The zero-order valence-corrected chi connectivity index (χ0v) is 13.4. The van der Waals surface area contributed by atoms with Crippen molar-refractivity contribution in [2.75, 3.05) is 6.54 Å². The predicted octanol–water partition coefficient (Wildman–Crippen LogP) is 1.98. The molecule has 1 saturated heterocycles. The number of rotatable bonds is 3. The number of nitrogens with two attached hydrogens (primary N) is 1. The van der Waals surface area contributed by atoms with E-state index in [2.05, 4.69) is 11.8 Å². The molecule has 2 rings (SSSR count). The summed E-state index contributed by atoms with van der Waals surface area (Å²) < 4.78 is 0. The molecular formula is C16H20N2O2S. The Bertz CT molecular complexity index is 624. The van der Waals surface area contributed by atoms with Gasteiger partial charge in [-0.15, -0.1) is 11.3 Å². The summed E-state index contributed by atoms with van der Waals surface area (Å²) >= 11 is 1.51. The van der Waals surface area contributed by atoms with Crippen LogP contribution in [0.3, 0.4) is 0 Å². The summed E-state index contributed by atoms with van der Waals surface area (Å²) in [5, 5.41) is 1.92. The molecule has 2 heterocycles. The molecule has 112 valence electrons. The van der Waals surface area contributed by atoms with Gasteiger partial charge in [-0.25, -0.2) is 0 Å². The topological polar surface area (TPSA) is 63.4 Å². The minimum absolute atomic E-state index is 0.0753. The molecular weight excluding hydrogens is 284 g/mol. The van der Waals surface area contributed by atoms with Crippen molar-refractivity contribution in [1.29, 1.82) is 0 Å². The number of hydrogen-bond donors (Lipinski definition) is 1. The molecule has 0 radical (unpaired) electrons. The lowest BCUT2D eigenvalue weighted by Gasteiger charge is -2.25. The second kappa shape index (κ2) is 6.00. The van der Waals surface area contributed by atoms with Crippen LogP contribution in [-0.2, 0) is 16.1 Å². The number of likely N-dealkylation sites (tertiary alicyclic amines) is 1. The van der Waals surface area contributed by atoms with Crippen LogP contribution in [0, 0.1) is 23.2 Å². The van der Waals surface area contributed by atoms with Crippen LogP contribution in [0.2, 0.25) is 0 Å². The molecule has 2 amide bonds. The first-order valence-electron chi connectivity index (χ1n) is 7.00. The third-order valence-corrected chi connectivity index (χ3v) is 5.11. The zero-order valence-electron chi connectivity index (χ0n) is 12.6. The van der Waals surface area contributed by atoms with E-state index in [1.54, 1.807) is 0 Å². The van der Waals surface area contributed by atoms with Gasteiger partial charge in [0.15, 0.2) is 0 Å². The van der Waals surface area contributed by atoms with Crippen molar-refractivity contribution < 1.29 is 9.59 Å². The van der Waals surface area contributed by atoms with Gasteiger partial charge in [0.05, 0.1) is 18.5 Å². The van der Waals surface area contributed by atoms with Gasteiger partial charge < -0.3 is 5.73 Å². The van der Waals surface area contributed by atoms with Crippen molar-refractivity contribution in [3.05, 3.63) is 21.9 Å². The summed E-state index contributed by atoms with van der Waals surface area (Å²) in [6.07, 6.45) is 0.290. The van der Waals surface area contributed by atoms with E-state index < -0.39 is 5.41 Å². The lowest BCUT2D eigenvalue weighted by atomic mass is 9.78. The number of nitrogens with zero attached hydrogens (tertiary/aromatic N) is 1. The predicted molar refractivity (Wildman–Crippen MR) is 83.4 cm³/mol. The Morgan fingerprint density at radius 1 is 1.48 bits per heavy atom.